The average Bonchev–Trinajstić information content (AvgIpc) is 2.28. The lowest BCUT2D eigenvalue weighted by atomic mass is 10.00. The molecule has 0 aliphatic rings. The van der Waals surface area contributed by atoms with E-state index in [-0.39, 0.29) is 18.6 Å². The van der Waals surface area contributed by atoms with Crippen LogP contribution in [-0.2, 0) is 4.79 Å². The van der Waals surface area contributed by atoms with Crippen molar-refractivity contribution in [2.24, 2.45) is 0 Å². The number of ether oxygens (including phenoxy) is 1. The van der Waals surface area contributed by atoms with E-state index >= 15 is 0 Å². The summed E-state index contributed by atoms with van der Waals surface area (Å²) in [7, 11) is 1.50. The van der Waals surface area contributed by atoms with Crippen LogP contribution in [0.25, 0.3) is 0 Å². The maximum atomic E-state index is 11.8. The second kappa shape index (κ2) is 5.48. The van der Waals surface area contributed by atoms with E-state index in [1.165, 1.54) is 7.11 Å². The lowest BCUT2D eigenvalue weighted by molar-refractivity contribution is -0.136. The Morgan fingerprint density at radius 1 is 1.18 bits per heavy atom. The molecule has 0 aromatic heterocycles. The van der Waals surface area contributed by atoms with Crippen molar-refractivity contribution in [1.82, 2.24) is 0 Å². The molecule has 0 saturated carbocycles. The molecule has 0 radical (unpaired) electrons. The molecular formula is C13H16O4. The number of aryl methyl sites for hydroxylation is 2. The van der Waals surface area contributed by atoms with Crippen LogP contribution >= 0.6 is 0 Å². The van der Waals surface area contributed by atoms with Crippen molar-refractivity contribution in [1.29, 1.82) is 0 Å². The van der Waals surface area contributed by atoms with Gasteiger partial charge in [0.05, 0.1) is 19.1 Å². The Labute approximate surface area is 100 Å². The molecular weight excluding hydrogens is 220 g/mol. The van der Waals surface area contributed by atoms with E-state index in [4.69, 9.17) is 9.84 Å². The molecule has 0 atom stereocenters. The van der Waals surface area contributed by atoms with Crippen LogP contribution in [-0.4, -0.2) is 24.0 Å². The van der Waals surface area contributed by atoms with E-state index in [1.54, 1.807) is 12.1 Å². The Kier molecular flexibility index (Phi) is 4.26. The van der Waals surface area contributed by atoms with Gasteiger partial charge in [0.15, 0.2) is 5.78 Å². The molecule has 1 N–H and O–H groups in total. The third-order valence-electron chi connectivity index (χ3n) is 2.68. The number of Topliss-reactive ketones (excluding diaryl/α,β-unsaturated/α-hetero) is 1. The zero-order valence-electron chi connectivity index (χ0n) is 10.2. The molecule has 1 rings (SSSR count). The molecule has 0 bridgehead atoms. The summed E-state index contributed by atoms with van der Waals surface area (Å²) in [6.45, 7) is 3.84. The number of hydrogen-bond donors (Lipinski definition) is 1. The Balaban J connectivity index is 2.99. The van der Waals surface area contributed by atoms with Gasteiger partial charge in [0.2, 0.25) is 0 Å². The molecule has 0 aliphatic carbocycles. The van der Waals surface area contributed by atoms with Gasteiger partial charge in [-0.15, -0.1) is 0 Å². The van der Waals surface area contributed by atoms with Gasteiger partial charge in [-0.25, -0.2) is 0 Å². The van der Waals surface area contributed by atoms with Crippen LogP contribution in [0.3, 0.4) is 0 Å². The molecule has 17 heavy (non-hydrogen) atoms. The highest BCUT2D eigenvalue weighted by atomic mass is 16.5. The fourth-order valence-corrected chi connectivity index (χ4v) is 1.53. The van der Waals surface area contributed by atoms with Crippen LogP contribution in [0.15, 0.2) is 12.1 Å². The number of hydrogen-bond acceptors (Lipinski definition) is 3. The van der Waals surface area contributed by atoms with Crippen molar-refractivity contribution < 1.29 is 19.4 Å². The molecule has 1 aromatic rings. The SMILES string of the molecule is COc1cc(C)c(C)cc1C(=O)CCC(=O)O. The smallest absolute Gasteiger partial charge is 0.303 e. The fourth-order valence-electron chi connectivity index (χ4n) is 1.53. The largest absolute Gasteiger partial charge is 0.496 e. The van der Waals surface area contributed by atoms with Crippen LogP contribution in [0, 0.1) is 13.8 Å². The summed E-state index contributed by atoms with van der Waals surface area (Å²) >= 11 is 0. The first-order valence-electron chi connectivity index (χ1n) is 5.36. The normalized spacial score (nSPS) is 10.1. The van der Waals surface area contributed by atoms with Crippen molar-refractivity contribution >= 4 is 11.8 Å². The van der Waals surface area contributed by atoms with Gasteiger partial charge in [0.25, 0.3) is 0 Å². The van der Waals surface area contributed by atoms with E-state index in [9.17, 15) is 9.59 Å². The predicted molar refractivity (Wildman–Crippen MR) is 63.7 cm³/mol. The van der Waals surface area contributed by atoms with Gasteiger partial charge in [0.1, 0.15) is 5.75 Å². The maximum Gasteiger partial charge on any atom is 0.303 e. The van der Waals surface area contributed by atoms with Crippen molar-refractivity contribution in [2.45, 2.75) is 26.7 Å². The van der Waals surface area contributed by atoms with Gasteiger partial charge in [-0.1, -0.05) is 0 Å². The van der Waals surface area contributed by atoms with Crippen LogP contribution in [0.5, 0.6) is 5.75 Å². The third kappa shape index (κ3) is 3.31. The summed E-state index contributed by atoms with van der Waals surface area (Å²) in [5.41, 5.74) is 2.48. The number of benzene rings is 1. The molecule has 1 aromatic carbocycles. The summed E-state index contributed by atoms with van der Waals surface area (Å²) < 4.78 is 5.14. The topological polar surface area (TPSA) is 63.6 Å². The molecule has 0 amide bonds. The molecule has 0 unspecified atom stereocenters. The van der Waals surface area contributed by atoms with Crippen LogP contribution in [0.2, 0.25) is 0 Å². The first-order chi connectivity index (χ1) is 7.95. The summed E-state index contributed by atoms with van der Waals surface area (Å²) in [6.07, 6.45) is -0.164. The first-order valence-corrected chi connectivity index (χ1v) is 5.36. The molecule has 0 spiro atoms. The molecule has 4 heteroatoms. The zero-order valence-corrected chi connectivity index (χ0v) is 10.2. The van der Waals surface area contributed by atoms with Crippen LogP contribution in [0.1, 0.15) is 34.3 Å². The minimum absolute atomic E-state index is 0.00576. The maximum absolute atomic E-state index is 11.8. The number of methoxy groups -OCH3 is 1. The number of aliphatic carboxylic acids is 1. The number of ketones is 1. The Hall–Kier alpha value is -1.84. The monoisotopic (exact) mass is 236 g/mol. The van der Waals surface area contributed by atoms with E-state index in [1.807, 2.05) is 13.8 Å². The summed E-state index contributed by atoms with van der Waals surface area (Å²) in [5.74, 6) is -0.669. The Morgan fingerprint density at radius 2 is 1.76 bits per heavy atom. The van der Waals surface area contributed by atoms with Gasteiger partial charge in [0, 0.05) is 6.42 Å². The van der Waals surface area contributed by atoms with E-state index in [0.29, 0.717) is 11.3 Å². The first kappa shape index (κ1) is 13.2. The number of rotatable bonds is 5. The van der Waals surface area contributed by atoms with E-state index in [0.717, 1.165) is 11.1 Å². The fraction of sp³-hybridized carbons (Fsp3) is 0.385. The number of carbonyl (C=O) groups excluding carboxylic acids is 1. The second-order valence-electron chi connectivity index (χ2n) is 3.95. The molecule has 0 heterocycles. The van der Waals surface area contributed by atoms with Gasteiger partial charge in [-0.05, 0) is 37.1 Å². The quantitative estimate of drug-likeness (QED) is 0.797. The third-order valence-corrected chi connectivity index (χ3v) is 2.68. The van der Waals surface area contributed by atoms with Gasteiger partial charge in [-0.3, -0.25) is 9.59 Å². The molecule has 4 nitrogen and oxygen atoms in total. The lowest BCUT2D eigenvalue weighted by Crippen LogP contribution is -2.06. The number of carbonyl (C=O) groups is 2. The second-order valence-corrected chi connectivity index (χ2v) is 3.95. The zero-order chi connectivity index (χ0) is 13.0. The molecule has 92 valence electrons. The lowest BCUT2D eigenvalue weighted by Gasteiger charge is -2.10. The highest BCUT2D eigenvalue weighted by Crippen LogP contribution is 2.24. The van der Waals surface area contributed by atoms with Crippen LogP contribution < -0.4 is 4.74 Å². The highest BCUT2D eigenvalue weighted by molar-refractivity contribution is 6.00. The predicted octanol–water partition coefficient (Wildman–Crippen LogP) is 2.36. The van der Waals surface area contributed by atoms with Crippen LogP contribution in [0.4, 0.5) is 0 Å². The van der Waals surface area contributed by atoms with Crippen molar-refractivity contribution in [3.63, 3.8) is 0 Å². The average molecular weight is 236 g/mol. The van der Waals surface area contributed by atoms with Gasteiger partial charge < -0.3 is 9.84 Å². The summed E-state index contributed by atoms with van der Waals surface area (Å²) in [5, 5.41) is 8.55. The standard InChI is InChI=1S/C13H16O4/c1-8-6-10(11(14)4-5-13(15)16)12(17-3)7-9(8)2/h6-7H,4-5H2,1-3H3,(H,15,16). The number of carboxylic acid groups (broad SMARTS) is 1. The highest BCUT2D eigenvalue weighted by Gasteiger charge is 2.14. The Morgan fingerprint density at radius 3 is 2.29 bits per heavy atom. The summed E-state index contributed by atoms with van der Waals surface area (Å²) in [6, 6.07) is 3.54. The minimum atomic E-state index is -0.971. The van der Waals surface area contributed by atoms with Crippen molar-refractivity contribution in [3.8, 4) is 5.75 Å². The van der Waals surface area contributed by atoms with E-state index < -0.39 is 5.97 Å². The minimum Gasteiger partial charge on any atom is -0.496 e. The Bertz CT molecular complexity index is 449. The van der Waals surface area contributed by atoms with Crippen molar-refractivity contribution in [3.05, 3.63) is 28.8 Å². The molecule has 0 aliphatic heterocycles. The van der Waals surface area contributed by atoms with Gasteiger partial charge >= 0.3 is 5.97 Å². The molecule has 0 fully saturated rings. The van der Waals surface area contributed by atoms with Gasteiger partial charge in [-0.2, -0.15) is 0 Å². The molecule has 0 saturated heterocycles. The van der Waals surface area contributed by atoms with E-state index in [2.05, 4.69) is 0 Å². The number of carboxylic acids is 1. The summed E-state index contributed by atoms with van der Waals surface area (Å²) in [4.78, 5) is 22.3. The van der Waals surface area contributed by atoms with Crippen molar-refractivity contribution in [2.75, 3.05) is 7.11 Å².